The smallest absolute Gasteiger partial charge is 0.328 e. The van der Waals surface area contributed by atoms with Gasteiger partial charge in [-0.15, -0.1) is 11.3 Å². The molecule has 0 bridgehead atoms. The summed E-state index contributed by atoms with van der Waals surface area (Å²) < 4.78 is 1.58. The Morgan fingerprint density at radius 3 is 2.95 bits per heavy atom. The quantitative estimate of drug-likeness (QED) is 0.835. The maximum atomic E-state index is 12.0. The van der Waals surface area contributed by atoms with E-state index in [0.717, 1.165) is 6.08 Å². The van der Waals surface area contributed by atoms with Gasteiger partial charge >= 0.3 is 5.97 Å². The third-order valence-electron chi connectivity index (χ3n) is 2.27. The van der Waals surface area contributed by atoms with E-state index in [2.05, 4.69) is 10.4 Å². The van der Waals surface area contributed by atoms with Crippen LogP contribution in [-0.2, 0) is 11.8 Å². The molecule has 0 fully saturated rings. The summed E-state index contributed by atoms with van der Waals surface area (Å²) >= 11 is 1.25. The molecule has 2 heterocycles. The Balaban J connectivity index is 2.15. The summed E-state index contributed by atoms with van der Waals surface area (Å²) in [5.74, 6) is -1.34. The Morgan fingerprint density at radius 2 is 2.32 bits per heavy atom. The molecule has 0 radical (unpaired) electrons. The van der Waals surface area contributed by atoms with E-state index < -0.39 is 5.97 Å². The average molecular weight is 277 g/mol. The van der Waals surface area contributed by atoms with Crippen molar-refractivity contribution in [1.82, 2.24) is 9.78 Å². The number of aromatic nitrogens is 2. The van der Waals surface area contributed by atoms with Crippen LogP contribution in [0.25, 0.3) is 6.08 Å². The second-order valence-electron chi connectivity index (χ2n) is 3.73. The van der Waals surface area contributed by atoms with Crippen molar-refractivity contribution < 1.29 is 14.7 Å². The van der Waals surface area contributed by atoms with Crippen LogP contribution in [0.4, 0.5) is 5.69 Å². The van der Waals surface area contributed by atoms with Gasteiger partial charge in [0.15, 0.2) is 0 Å². The summed E-state index contributed by atoms with van der Waals surface area (Å²) in [6.07, 6.45) is 5.62. The molecule has 2 aromatic heterocycles. The Bertz CT molecular complexity index is 642. The van der Waals surface area contributed by atoms with E-state index in [1.807, 2.05) is 0 Å². The fraction of sp³-hybridized carbons (Fsp3) is 0.0833. The molecular formula is C12H11N3O3S. The Kier molecular flexibility index (Phi) is 3.76. The second kappa shape index (κ2) is 5.49. The van der Waals surface area contributed by atoms with E-state index in [-0.39, 0.29) is 5.91 Å². The van der Waals surface area contributed by atoms with Crippen LogP contribution in [0.5, 0.6) is 0 Å². The minimum atomic E-state index is -1.05. The first-order chi connectivity index (χ1) is 9.06. The highest BCUT2D eigenvalue weighted by molar-refractivity contribution is 7.12. The highest BCUT2D eigenvalue weighted by Gasteiger charge is 2.12. The molecule has 0 saturated carbocycles. The molecule has 2 N–H and O–H groups in total. The van der Waals surface area contributed by atoms with Crippen LogP contribution in [0.1, 0.15) is 15.2 Å². The number of carboxylic acid groups (broad SMARTS) is 1. The highest BCUT2D eigenvalue weighted by Crippen LogP contribution is 2.20. The van der Waals surface area contributed by atoms with Crippen molar-refractivity contribution in [3.8, 4) is 0 Å². The number of carbonyl (C=O) groups is 2. The normalized spacial score (nSPS) is 10.8. The first-order valence-corrected chi connectivity index (χ1v) is 6.22. The van der Waals surface area contributed by atoms with Crippen LogP contribution in [0.2, 0.25) is 0 Å². The van der Waals surface area contributed by atoms with E-state index in [9.17, 15) is 9.59 Å². The SMILES string of the molecule is Cn1cc(NC(=O)c2sccc2C=CC(=O)O)cn1. The number of carbonyl (C=O) groups excluding carboxylic acids is 1. The number of amides is 1. The molecule has 0 saturated heterocycles. The molecule has 0 atom stereocenters. The lowest BCUT2D eigenvalue weighted by atomic mass is 10.2. The fourth-order valence-electron chi connectivity index (χ4n) is 1.47. The number of aliphatic carboxylic acids is 1. The molecule has 19 heavy (non-hydrogen) atoms. The molecule has 0 aliphatic heterocycles. The maximum absolute atomic E-state index is 12.0. The van der Waals surface area contributed by atoms with Crippen LogP contribution in [-0.4, -0.2) is 26.8 Å². The zero-order valence-corrected chi connectivity index (χ0v) is 10.8. The lowest BCUT2D eigenvalue weighted by Gasteiger charge is -2.00. The highest BCUT2D eigenvalue weighted by atomic mass is 32.1. The van der Waals surface area contributed by atoms with Gasteiger partial charge in [0, 0.05) is 19.3 Å². The van der Waals surface area contributed by atoms with Crippen molar-refractivity contribution in [2.45, 2.75) is 0 Å². The Labute approximate surface area is 113 Å². The predicted molar refractivity (Wildman–Crippen MR) is 72.2 cm³/mol. The zero-order valence-electron chi connectivity index (χ0n) is 10.0. The first kappa shape index (κ1) is 13.0. The van der Waals surface area contributed by atoms with Crippen molar-refractivity contribution in [2.24, 2.45) is 7.05 Å². The van der Waals surface area contributed by atoms with Gasteiger partial charge in [0.1, 0.15) is 0 Å². The van der Waals surface area contributed by atoms with Gasteiger partial charge in [0.25, 0.3) is 5.91 Å². The number of rotatable bonds is 4. The number of nitrogens with one attached hydrogen (secondary N) is 1. The fourth-order valence-corrected chi connectivity index (χ4v) is 2.25. The standard InChI is InChI=1S/C12H11N3O3S/c1-15-7-9(6-13-15)14-12(18)11-8(4-5-19-11)2-3-10(16)17/h2-7H,1H3,(H,14,18)(H,16,17). The van der Waals surface area contributed by atoms with Crippen molar-refractivity contribution in [3.63, 3.8) is 0 Å². The summed E-state index contributed by atoms with van der Waals surface area (Å²) in [5, 5.41) is 17.0. The minimum Gasteiger partial charge on any atom is -0.478 e. The summed E-state index contributed by atoms with van der Waals surface area (Å²) in [6, 6.07) is 1.70. The number of nitrogens with zero attached hydrogens (tertiary/aromatic N) is 2. The Hall–Kier alpha value is -2.41. The van der Waals surface area contributed by atoms with Gasteiger partial charge in [-0.05, 0) is 23.1 Å². The van der Waals surface area contributed by atoms with Crippen LogP contribution < -0.4 is 5.32 Å². The van der Waals surface area contributed by atoms with E-state index in [1.54, 1.807) is 29.4 Å². The first-order valence-electron chi connectivity index (χ1n) is 5.35. The summed E-state index contributed by atoms with van der Waals surface area (Å²) in [7, 11) is 1.75. The number of aryl methyl sites for hydroxylation is 1. The van der Waals surface area contributed by atoms with Gasteiger partial charge in [-0.1, -0.05) is 0 Å². The van der Waals surface area contributed by atoms with Gasteiger partial charge in [-0.3, -0.25) is 9.48 Å². The molecule has 7 heteroatoms. The van der Waals surface area contributed by atoms with Gasteiger partial charge in [-0.25, -0.2) is 4.79 Å². The molecule has 0 aromatic carbocycles. The van der Waals surface area contributed by atoms with Gasteiger partial charge in [0.2, 0.25) is 0 Å². The van der Waals surface area contributed by atoms with Gasteiger partial charge in [0.05, 0.1) is 16.8 Å². The molecule has 0 aliphatic rings. The molecule has 0 aliphatic carbocycles. The van der Waals surface area contributed by atoms with Crippen LogP contribution in [0.3, 0.4) is 0 Å². The third-order valence-corrected chi connectivity index (χ3v) is 3.20. The molecular weight excluding hydrogens is 266 g/mol. The van der Waals surface area contributed by atoms with Crippen LogP contribution in [0.15, 0.2) is 29.9 Å². The lowest BCUT2D eigenvalue weighted by molar-refractivity contribution is -0.131. The molecule has 2 aromatic rings. The average Bonchev–Trinajstić information content (AvgIpc) is 2.95. The molecule has 0 unspecified atom stereocenters. The monoisotopic (exact) mass is 277 g/mol. The number of hydrogen-bond acceptors (Lipinski definition) is 4. The predicted octanol–water partition coefficient (Wildman–Crippen LogP) is 1.83. The largest absolute Gasteiger partial charge is 0.478 e. The molecule has 0 spiro atoms. The second-order valence-corrected chi connectivity index (χ2v) is 4.65. The van der Waals surface area contributed by atoms with E-state index >= 15 is 0 Å². The van der Waals surface area contributed by atoms with Crippen molar-refractivity contribution in [2.75, 3.05) is 5.32 Å². The van der Waals surface area contributed by atoms with Gasteiger partial charge < -0.3 is 10.4 Å². The van der Waals surface area contributed by atoms with Crippen LogP contribution >= 0.6 is 11.3 Å². The van der Waals surface area contributed by atoms with E-state index in [0.29, 0.717) is 16.1 Å². The number of carboxylic acids is 1. The minimum absolute atomic E-state index is 0.284. The number of anilines is 1. The number of hydrogen-bond donors (Lipinski definition) is 2. The van der Waals surface area contributed by atoms with E-state index in [1.165, 1.54) is 23.6 Å². The lowest BCUT2D eigenvalue weighted by Crippen LogP contribution is -2.10. The number of thiophene rings is 1. The van der Waals surface area contributed by atoms with Crippen molar-refractivity contribution in [1.29, 1.82) is 0 Å². The third kappa shape index (κ3) is 3.29. The van der Waals surface area contributed by atoms with Crippen LogP contribution in [0, 0.1) is 0 Å². The zero-order chi connectivity index (χ0) is 13.8. The summed E-state index contributed by atoms with van der Waals surface area (Å²) in [6.45, 7) is 0. The topological polar surface area (TPSA) is 84.2 Å². The van der Waals surface area contributed by atoms with Gasteiger partial charge in [-0.2, -0.15) is 5.10 Å². The molecule has 2 rings (SSSR count). The molecule has 6 nitrogen and oxygen atoms in total. The molecule has 98 valence electrons. The summed E-state index contributed by atoms with van der Waals surface area (Å²) in [5.41, 5.74) is 1.17. The van der Waals surface area contributed by atoms with Crippen molar-refractivity contribution in [3.05, 3.63) is 40.4 Å². The van der Waals surface area contributed by atoms with E-state index in [4.69, 9.17) is 5.11 Å². The molecule has 1 amide bonds. The summed E-state index contributed by atoms with van der Waals surface area (Å²) in [4.78, 5) is 23.0. The maximum Gasteiger partial charge on any atom is 0.328 e. The van der Waals surface area contributed by atoms with Crippen molar-refractivity contribution >= 4 is 35.0 Å². The Morgan fingerprint density at radius 1 is 1.53 bits per heavy atom.